The van der Waals surface area contributed by atoms with Crippen LogP contribution in [-0.4, -0.2) is 0 Å². The van der Waals surface area contributed by atoms with Crippen LogP contribution in [0.4, 0.5) is 0 Å². The summed E-state index contributed by atoms with van der Waals surface area (Å²) < 4.78 is 0. The molecule has 0 radical (unpaired) electrons. The topological polar surface area (TPSA) is 0 Å². The zero-order chi connectivity index (χ0) is 12.5. The molecular weight excluding hydrogens is 216 g/mol. The van der Waals surface area contributed by atoms with E-state index >= 15 is 0 Å². The molecule has 0 fully saturated rings. The van der Waals surface area contributed by atoms with Gasteiger partial charge < -0.3 is 0 Å². The van der Waals surface area contributed by atoms with Crippen molar-refractivity contribution in [1.29, 1.82) is 0 Å². The van der Waals surface area contributed by atoms with E-state index in [2.05, 4.69) is 74.5 Å². The monoisotopic (exact) mass is 232 g/mol. The van der Waals surface area contributed by atoms with Gasteiger partial charge in [0.25, 0.3) is 0 Å². The van der Waals surface area contributed by atoms with Gasteiger partial charge in [-0.2, -0.15) is 0 Å². The molecule has 0 aromatic heterocycles. The first-order chi connectivity index (χ1) is 8.74. The highest BCUT2D eigenvalue weighted by Crippen LogP contribution is 2.30. The van der Waals surface area contributed by atoms with Crippen LogP contribution in [0.5, 0.6) is 0 Å². The van der Waals surface area contributed by atoms with Crippen molar-refractivity contribution in [2.75, 3.05) is 0 Å². The second-order valence-electron chi connectivity index (χ2n) is 4.90. The first-order valence-corrected chi connectivity index (χ1v) is 6.30. The van der Waals surface area contributed by atoms with E-state index in [4.69, 9.17) is 0 Å². The van der Waals surface area contributed by atoms with Crippen LogP contribution in [0.3, 0.4) is 0 Å². The summed E-state index contributed by atoms with van der Waals surface area (Å²) in [5, 5.41) is 2.64. The average molecular weight is 232 g/mol. The summed E-state index contributed by atoms with van der Waals surface area (Å²) in [7, 11) is 0. The lowest BCUT2D eigenvalue weighted by Gasteiger charge is -2.09. The Labute approximate surface area is 108 Å². The van der Waals surface area contributed by atoms with Crippen LogP contribution in [0.25, 0.3) is 21.9 Å². The van der Waals surface area contributed by atoms with Crippen LogP contribution < -0.4 is 0 Å². The molecule has 0 aliphatic carbocycles. The average Bonchev–Trinajstić information content (AvgIpc) is 2.37. The van der Waals surface area contributed by atoms with Gasteiger partial charge in [0.05, 0.1) is 0 Å². The van der Waals surface area contributed by atoms with Crippen molar-refractivity contribution in [3.8, 4) is 11.1 Å². The Morgan fingerprint density at radius 2 is 1.50 bits per heavy atom. The third-order valence-corrected chi connectivity index (χ3v) is 3.34. The maximum absolute atomic E-state index is 2.27. The molecule has 0 heteroatoms. The maximum Gasteiger partial charge on any atom is -0.0103 e. The second-order valence-corrected chi connectivity index (χ2v) is 4.90. The van der Waals surface area contributed by atoms with E-state index in [1.54, 1.807) is 0 Å². The van der Waals surface area contributed by atoms with Gasteiger partial charge in [0.1, 0.15) is 0 Å². The van der Waals surface area contributed by atoms with Gasteiger partial charge >= 0.3 is 0 Å². The summed E-state index contributed by atoms with van der Waals surface area (Å²) in [6.45, 7) is 4.30. The summed E-state index contributed by atoms with van der Waals surface area (Å²) in [5.74, 6) is 0. The van der Waals surface area contributed by atoms with E-state index in [-0.39, 0.29) is 0 Å². The van der Waals surface area contributed by atoms with Crippen LogP contribution in [0.15, 0.2) is 60.7 Å². The molecule has 0 spiro atoms. The Bertz CT molecular complexity index is 708. The zero-order valence-electron chi connectivity index (χ0n) is 10.8. The molecule has 0 bridgehead atoms. The molecule has 0 N–H and O–H groups in total. The quantitative estimate of drug-likeness (QED) is 0.546. The highest BCUT2D eigenvalue weighted by atomic mass is 14.1. The fraction of sp³-hybridized carbons (Fsp3) is 0.111. The number of rotatable bonds is 1. The smallest absolute Gasteiger partial charge is 0.0103 e. The minimum absolute atomic E-state index is 1.30. The molecule has 0 aliphatic rings. The molecule has 3 aromatic rings. The molecule has 3 rings (SSSR count). The minimum Gasteiger partial charge on any atom is -0.0616 e. The van der Waals surface area contributed by atoms with E-state index in [0.29, 0.717) is 0 Å². The van der Waals surface area contributed by atoms with E-state index in [9.17, 15) is 0 Å². The van der Waals surface area contributed by atoms with Crippen molar-refractivity contribution in [2.45, 2.75) is 13.8 Å². The number of hydrogen-bond donors (Lipinski definition) is 0. The second kappa shape index (κ2) is 4.30. The summed E-state index contributed by atoms with van der Waals surface area (Å²) in [5.41, 5.74) is 5.24. The van der Waals surface area contributed by atoms with Crippen LogP contribution in [0.2, 0.25) is 0 Å². The van der Waals surface area contributed by atoms with Gasteiger partial charge in [-0.05, 0) is 41.3 Å². The molecule has 0 nitrogen and oxygen atoms in total. The lowest BCUT2D eigenvalue weighted by molar-refractivity contribution is 1.46. The largest absolute Gasteiger partial charge is 0.0616 e. The van der Waals surface area contributed by atoms with Crippen molar-refractivity contribution in [3.63, 3.8) is 0 Å². The molecule has 0 heterocycles. The minimum atomic E-state index is 1.30. The van der Waals surface area contributed by atoms with E-state index < -0.39 is 0 Å². The molecule has 0 saturated heterocycles. The van der Waals surface area contributed by atoms with E-state index in [1.165, 1.54) is 33.0 Å². The van der Waals surface area contributed by atoms with Gasteiger partial charge in [0.2, 0.25) is 0 Å². The predicted octanol–water partition coefficient (Wildman–Crippen LogP) is 5.12. The molecule has 0 atom stereocenters. The fourth-order valence-electron chi connectivity index (χ4n) is 2.51. The van der Waals surface area contributed by atoms with Crippen molar-refractivity contribution in [1.82, 2.24) is 0 Å². The van der Waals surface area contributed by atoms with Crippen LogP contribution >= 0.6 is 0 Å². The molecule has 0 saturated carbocycles. The molecule has 88 valence electrons. The third kappa shape index (κ3) is 1.91. The Morgan fingerprint density at radius 1 is 0.667 bits per heavy atom. The summed E-state index contributed by atoms with van der Waals surface area (Å²) in [6, 6.07) is 21.8. The number of fused-ring (bicyclic) bond motifs is 1. The van der Waals surface area contributed by atoms with Crippen molar-refractivity contribution < 1.29 is 0 Å². The maximum atomic E-state index is 2.27. The van der Waals surface area contributed by atoms with Crippen LogP contribution in [0.1, 0.15) is 11.1 Å². The molecule has 0 aliphatic heterocycles. The molecule has 18 heavy (non-hydrogen) atoms. The third-order valence-electron chi connectivity index (χ3n) is 3.34. The summed E-state index contributed by atoms with van der Waals surface area (Å²) >= 11 is 0. The highest BCUT2D eigenvalue weighted by Gasteiger charge is 2.04. The number of hydrogen-bond acceptors (Lipinski definition) is 0. The zero-order valence-corrected chi connectivity index (χ0v) is 10.8. The van der Waals surface area contributed by atoms with E-state index in [0.717, 1.165) is 0 Å². The summed E-state index contributed by atoms with van der Waals surface area (Å²) in [4.78, 5) is 0. The van der Waals surface area contributed by atoms with Crippen molar-refractivity contribution in [3.05, 3.63) is 71.8 Å². The van der Waals surface area contributed by atoms with Gasteiger partial charge in [-0.15, -0.1) is 0 Å². The van der Waals surface area contributed by atoms with Crippen LogP contribution in [-0.2, 0) is 0 Å². The number of benzene rings is 3. The molecule has 3 aromatic carbocycles. The van der Waals surface area contributed by atoms with Gasteiger partial charge in [0.15, 0.2) is 0 Å². The molecular formula is C18H16. The lowest BCUT2D eigenvalue weighted by atomic mass is 9.95. The van der Waals surface area contributed by atoms with Gasteiger partial charge in [0, 0.05) is 0 Å². The first-order valence-electron chi connectivity index (χ1n) is 6.30. The van der Waals surface area contributed by atoms with Gasteiger partial charge in [-0.3, -0.25) is 0 Å². The normalized spacial score (nSPS) is 10.8. The Kier molecular flexibility index (Phi) is 2.64. The highest BCUT2D eigenvalue weighted by molar-refractivity contribution is 5.97. The Balaban J connectivity index is 2.34. The van der Waals surface area contributed by atoms with E-state index in [1.807, 2.05) is 0 Å². The van der Waals surface area contributed by atoms with Crippen molar-refractivity contribution >= 4 is 10.8 Å². The standard InChI is InChI=1S/C18H16/c1-13-6-5-8-16(10-13)18-12-14(2)11-15-7-3-4-9-17(15)18/h3-12H,1-2H3. The predicted molar refractivity (Wildman–Crippen MR) is 78.9 cm³/mol. The molecule has 0 unspecified atom stereocenters. The SMILES string of the molecule is Cc1cccc(-c2cc(C)cc3ccccc23)c1. The van der Waals surface area contributed by atoms with Crippen molar-refractivity contribution in [2.24, 2.45) is 0 Å². The first kappa shape index (κ1) is 11.0. The Morgan fingerprint density at radius 3 is 2.33 bits per heavy atom. The fourth-order valence-corrected chi connectivity index (χ4v) is 2.51. The Hall–Kier alpha value is -2.08. The molecule has 0 amide bonds. The van der Waals surface area contributed by atoms with Gasteiger partial charge in [-0.1, -0.05) is 66.2 Å². The van der Waals surface area contributed by atoms with Crippen LogP contribution in [0, 0.1) is 13.8 Å². The van der Waals surface area contributed by atoms with Gasteiger partial charge in [-0.25, -0.2) is 0 Å². The number of aryl methyl sites for hydroxylation is 2. The summed E-state index contributed by atoms with van der Waals surface area (Å²) in [6.07, 6.45) is 0. The lowest BCUT2D eigenvalue weighted by Crippen LogP contribution is -1.84.